The molecule has 5 nitrogen and oxygen atoms in total. The molecule has 2 heterocycles. The Hall–Kier alpha value is -1.43. The summed E-state index contributed by atoms with van der Waals surface area (Å²) in [5.74, 6) is 1.03. The first-order chi connectivity index (χ1) is 10.2. The van der Waals surface area contributed by atoms with Gasteiger partial charge in [0.25, 0.3) is 0 Å². The molecule has 5 heteroatoms. The number of nitrogens with two attached hydrogens (primary N) is 1. The van der Waals surface area contributed by atoms with Gasteiger partial charge in [-0.15, -0.1) is 0 Å². The van der Waals surface area contributed by atoms with E-state index in [-0.39, 0.29) is 12.1 Å². The van der Waals surface area contributed by atoms with Gasteiger partial charge in [-0.3, -0.25) is 4.90 Å². The number of likely N-dealkylation sites (N-methyl/N-ethyl adjacent to an activating group) is 1. The molecule has 2 atom stereocenters. The lowest BCUT2D eigenvalue weighted by molar-refractivity contribution is -0.0388. The average molecular weight is 288 g/mol. The minimum Gasteiger partial charge on any atom is -0.374 e. The van der Waals surface area contributed by atoms with Crippen molar-refractivity contribution < 1.29 is 4.74 Å². The highest BCUT2D eigenvalue weighted by molar-refractivity contribution is 5.75. The highest BCUT2D eigenvalue weighted by Gasteiger charge is 2.26. The first kappa shape index (κ1) is 14.5. The zero-order valence-electron chi connectivity index (χ0n) is 12.8. The minimum atomic E-state index is -0.0186. The van der Waals surface area contributed by atoms with Gasteiger partial charge in [0, 0.05) is 32.6 Å². The molecule has 1 fully saturated rings. The normalized spacial score (nSPS) is 21.8. The lowest BCUT2D eigenvalue weighted by atomic mass is 10.1. The third-order valence-electron chi connectivity index (χ3n) is 4.40. The first-order valence-electron chi connectivity index (χ1n) is 7.69. The lowest BCUT2D eigenvalue weighted by Crippen LogP contribution is -2.51. The van der Waals surface area contributed by atoms with Gasteiger partial charge in [0.2, 0.25) is 0 Å². The summed E-state index contributed by atoms with van der Waals surface area (Å²) in [5, 5.41) is 0. The van der Waals surface area contributed by atoms with Crippen LogP contribution in [0.1, 0.15) is 12.7 Å². The molecule has 0 amide bonds. The average Bonchev–Trinajstić information content (AvgIpc) is 2.84. The fourth-order valence-corrected chi connectivity index (χ4v) is 3.00. The van der Waals surface area contributed by atoms with Gasteiger partial charge < -0.3 is 15.0 Å². The van der Waals surface area contributed by atoms with Crippen LogP contribution in [0.2, 0.25) is 0 Å². The van der Waals surface area contributed by atoms with Gasteiger partial charge >= 0.3 is 0 Å². The van der Waals surface area contributed by atoms with E-state index in [9.17, 15) is 0 Å². The van der Waals surface area contributed by atoms with E-state index < -0.39 is 0 Å². The van der Waals surface area contributed by atoms with Gasteiger partial charge in [-0.2, -0.15) is 0 Å². The highest BCUT2D eigenvalue weighted by Crippen LogP contribution is 2.17. The molecule has 114 valence electrons. The number of morpholine rings is 1. The topological polar surface area (TPSA) is 56.3 Å². The van der Waals surface area contributed by atoms with Crippen LogP contribution in [0.5, 0.6) is 0 Å². The number of hydrogen-bond acceptors (Lipinski definition) is 4. The van der Waals surface area contributed by atoms with E-state index >= 15 is 0 Å². The third kappa shape index (κ3) is 2.95. The van der Waals surface area contributed by atoms with Crippen LogP contribution in [0.15, 0.2) is 24.3 Å². The largest absolute Gasteiger partial charge is 0.374 e. The number of rotatable bonds is 4. The maximum Gasteiger partial charge on any atom is 0.111 e. The van der Waals surface area contributed by atoms with Crippen molar-refractivity contribution in [3.05, 3.63) is 30.1 Å². The number of imidazole rings is 1. The fourth-order valence-electron chi connectivity index (χ4n) is 3.00. The SMILES string of the molecule is CCN1CCOC(C(N)Cc2nc3ccccc3n2C)C1. The Kier molecular flexibility index (Phi) is 4.24. The molecule has 0 spiro atoms. The monoisotopic (exact) mass is 288 g/mol. The molecule has 1 aromatic heterocycles. The fraction of sp³-hybridized carbons (Fsp3) is 0.562. The Morgan fingerprint density at radius 3 is 3.00 bits per heavy atom. The van der Waals surface area contributed by atoms with E-state index in [2.05, 4.69) is 29.5 Å². The van der Waals surface area contributed by atoms with Crippen molar-refractivity contribution in [3.63, 3.8) is 0 Å². The van der Waals surface area contributed by atoms with Gasteiger partial charge in [0.15, 0.2) is 0 Å². The van der Waals surface area contributed by atoms with Crippen molar-refractivity contribution in [2.24, 2.45) is 12.8 Å². The Labute approximate surface area is 125 Å². The zero-order chi connectivity index (χ0) is 14.8. The molecular weight excluding hydrogens is 264 g/mol. The van der Waals surface area contributed by atoms with Crippen molar-refractivity contribution in [2.75, 3.05) is 26.2 Å². The van der Waals surface area contributed by atoms with Crippen LogP contribution in [-0.2, 0) is 18.2 Å². The van der Waals surface area contributed by atoms with Crippen molar-refractivity contribution in [1.82, 2.24) is 14.5 Å². The summed E-state index contributed by atoms with van der Waals surface area (Å²) in [6, 6.07) is 8.17. The second-order valence-electron chi connectivity index (χ2n) is 5.75. The van der Waals surface area contributed by atoms with Crippen LogP contribution < -0.4 is 5.73 Å². The Morgan fingerprint density at radius 2 is 2.24 bits per heavy atom. The second kappa shape index (κ2) is 6.13. The van der Waals surface area contributed by atoms with E-state index in [0.29, 0.717) is 0 Å². The molecule has 2 aromatic rings. The number of nitrogens with zero attached hydrogens (tertiary/aromatic N) is 3. The van der Waals surface area contributed by atoms with Gasteiger partial charge in [0.05, 0.1) is 23.7 Å². The lowest BCUT2D eigenvalue weighted by Gasteiger charge is -2.35. The molecular formula is C16H24N4O. The second-order valence-corrected chi connectivity index (χ2v) is 5.75. The quantitative estimate of drug-likeness (QED) is 0.917. The van der Waals surface area contributed by atoms with Crippen LogP contribution >= 0.6 is 0 Å². The van der Waals surface area contributed by atoms with Gasteiger partial charge in [-0.25, -0.2) is 4.98 Å². The van der Waals surface area contributed by atoms with Gasteiger partial charge in [0.1, 0.15) is 5.82 Å². The predicted octanol–water partition coefficient (Wildman–Crippen LogP) is 1.16. The number of para-hydroxylation sites is 2. The first-order valence-corrected chi connectivity index (χ1v) is 7.69. The molecule has 0 radical (unpaired) electrons. The van der Waals surface area contributed by atoms with Gasteiger partial charge in [-0.1, -0.05) is 19.1 Å². The molecule has 3 rings (SSSR count). The molecule has 1 aliphatic heterocycles. The van der Waals surface area contributed by atoms with Crippen LogP contribution in [0.3, 0.4) is 0 Å². The van der Waals surface area contributed by atoms with Crippen LogP contribution in [-0.4, -0.2) is 52.8 Å². The summed E-state index contributed by atoms with van der Waals surface area (Å²) in [4.78, 5) is 7.09. The summed E-state index contributed by atoms with van der Waals surface area (Å²) >= 11 is 0. The molecule has 0 bridgehead atoms. The molecule has 0 saturated carbocycles. The van der Waals surface area contributed by atoms with Crippen molar-refractivity contribution in [2.45, 2.75) is 25.5 Å². The van der Waals surface area contributed by atoms with E-state index in [1.54, 1.807) is 0 Å². The number of hydrogen-bond donors (Lipinski definition) is 1. The zero-order valence-corrected chi connectivity index (χ0v) is 12.8. The summed E-state index contributed by atoms with van der Waals surface area (Å²) in [5.41, 5.74) is 8.56. The summed E-state index contributed by atoms with van der Waals surface area (Å²) in [6.45, 7) is 5.93. The molecule has 1 aromatic carbocycles. The number of aryl methyl sites for hydroxylation is 1. The molecule has 0 aliphatic carbocycles. The van der Waals surface area contributed by atoms with Gasteiger partial charge in [-0.05, 0) is 18.7 Å². The Bertz CT molecular complexity index is 609. The summed E-state index contributed by atoms with van der Waals surface area (Å²) in [7, 11) is 2.05. The summed E-state index contributed by atoms with van der Waals surface area (Å²) in [6.07, 6.45) is 0.839. The Balaban J connectivity index is 1.73. The standard InChI is InChI=1S/C16H24N4O/c1-3-20-8-9-21-15(11-20)12(17)10-16-18-13-6-4-5-7-14(13)19(16)2/h4-7,12,15H,3,8-11,17H2,1-2H3. The molecule has 1 saturated heterocycles. The highest BCUT2D eigenvalue weighted by atomic mass is 16.5. The van der Waals surface area contributed by atoms with E-state index in [1.165, 1.54) is 0 Å². The number of ether oxygens (including phenoxy) is 1. The molecule has 21 heavy (non-hydrogen) atoms. The van der Waals surface area contributed by atoms with Crippen LogP contribution in [0.25, 0.3) is 11.0 Å². The number of benzene rings is 1. The predicted molar refractivity (Wildman–Crippen MR) is 84.2 cm³/mol. The van der Waals surface area contributed by atoms with E-state index in [4.69, 9.17) is 15.5 Å². The maximum atomic E-state index is 6.38. The third-order valence-corrected chi connectivity index (χ3v) is 4.40. The smallest absolute Gasteiger partial charge is 0.111 e. The molecule has 1 aliphatic rings. The van der Waals surface area contributed by atoms with Crippen molar-refractivity contribution >= 4 is 11.0 Å². The van der Waals surface area contributed by atoms with Crippen LogP contribution in [0.4, 0.5) is 0 Å². The van der Waals surface area contributed by atoms with Crippen molar-refractivity contribution in [1.29, 1.82) is 0 Å². The molecule has 2 unspecified atom stereocenters. The maximum absolute atomic E-state index is 6.38. The minimum absolute atomic E-state index is 0.0186. The van der Waals surface area contributed by atoms with E-state index in [1.807, 2.05) is 18.2 Å². The Morgan fingerprint density at radius 1 is 1.43 bits per heavy atom. The van der Waals surface area contributed by atoms with E-state index in [0.717, 1.165) is 49.5 Å². The number of fused-ring (bicyclic) bond motifs is 1. The van der Waals surface area contributed by atoms with Crippen LogP contribution in [0, 0.1) is 0 Å². The van der Waals surface area contributed by atoms with Crippen molar-refractivity contribution in [3.8, 4) is 0 Å². The molecule has 2 N–H and O–H groups in total. The number of aromatic nitrogens is 2. The summed E-state index contributed by atoms with van der Waals surface area (Å²) < 4.78 is 7.99.